The van der Waals surface area contributed by atoms with Crippen LogP contribution in [0.15, 0.2) is 0 Å². The molecule has 0 aromatic heterocycles. The first kappa shape index (κ1) is 13.8. The average molecular weight is 266 g/mol. The highest BCUT2D eigenvalue weighted by Gasteiger charge is 2.47. The van der Waals surface area contributed by atoms with Crippen molar-refractivity contribution in [1.29, 1.82) is 0 Å². The third-order valence-corrected chi connectivity index (χ3v) is 6.09. The standard InChI is InChI=1S/C16H30N2O/c1-19-14-7-3-9-16(11-14,12-17)18-10-4-6-13-5-2-8-15(13)18/h13-15H,2-12,17H2,1H3. The van der Waals surface area contributed by atoms with E-state index in [1.807, 2.05) is 7.11 Å². The molecule has 3 fully saturated rings. The Kier molecular flexibility index (Phi) is 4.16. The van der Waals surface area contributed by atoms with Gasteiger partial charge in [-0.1, -0.05) is 6.42 Å². The van der Waals surface area contributed by atoms with Crippen LogP contribution in [0.2, 0.25) is 0 Å². The minimum Gasteiger partial charge on any atom is -0.381 e. The molecule has 19 heavy (non-hydrogen) atoms. The van der Waals surface area contributed by atoms with Gasteiger partial charge in [0.25, 0.3) is 0 Å². The molecule has 2 aliphatic carbocycles. The summed E-state index contributed by atoms with van der Waals surface area (Å²) in [5.41, 5.74) is 6.51. The number of hydrogen-bond acceptors (Lipinski definition) is 3. The molecule has 1 aliphatic heterocycles. The third-order valence-electron chi connectivity index (χ3n) is 6.09. The maximum absolute atomic E-state index is 6.27. The zero-order valence-electron chi connectivity index (χ0n) is 12.4. The van der Waals surface area contributed by atoms with Crippen molar-refractivity contribution in [1.82, 2.24) is 4.90 Å². The van der Waals surface area contributed by atoms with E-state index in [4.69, 9.17) is 10.5 Å². The Labute approximate surface area is 117 Å². The quantitative estimate of drug-likeness (QED) is 0.853. The van der Waals surface area contributed by atoms with Crippen LogP contribution in [0.1, 0.15) is 57.8 Å². The largest absolute Gasteiger partial charge is 0.381 e. The molecule has 3 rings (SSSR count). The van der Waals surface area contributed by atoms with Gasteiger partial charge in [0, 0.05) is 25.2 Å². The third kappa shape index (κ3) is 2.45. The summed E-state index contributed by atoms with van der Waals surface area (Å²) in [5.74, 6) is 0.958. The summed E-state index contributed by atoms with van der Waals surface area (Å²) < 4.78 is 5.67. The number of piperidine rings is 1. The van der Waals surface area contributed by atoms with E-state index < -0.39 is 0 Å². The first-order chi connectivity index (χ1) is 9.29. The summed E-state index contributed by atoms with van der Waals surface area (Å²) >= 11 is 0. The lowest BCUT2D eigenvalue weighted by Crippen LogP contribution is -2.62. The van der Waals surface area contributed by atoms with Crippen molar-refractivity contribution in [3.05, 3.63) is 0 Å². The summed E-state index contributed by atoms with van der Waals surface area (Å²) in [7, 11) is 1.87. The van der Waals surface area contributed by atoms with Crippen LogP contribution < -0.4 is 5.73 Å². The van der Waals surface area contributed by atoms with E-state index in [9.17, 15) is 0 Å². The van der Waals surface area contributed by atoms with E-state index >= 15 is 0 Å². The molecule has 2 saturated carbocycles. The van der Waals surface area contributed by atoms with Gasteiger partial charge in [-0.05, 0) is 63.8 Å². The molecule has 4 atom stereocenters. The van der Waals surface area contributed by atoms with Gasteiger partial charge in [-0.2, -0.15) is 0 Å². The molecule has 3 heteroatoms. The van der Waals surface area contributed by atoms with Gasteiger partial charge in [-0.3, -0.25) is 4.90 Å². The highest BCUT2D eigenvalue weighted by Crippen LogP contribution is 2.44. The lowest BCUT2D eigenvalue weighted by atomic mass is 9.75. The van der Waals surface area contributed by atoms with E-state index in [1.165, 1.54) is 57.9 Å². The average Bonchev–Trinajstić information content (AvgIpc) is 2.95. The predicted octanol–water partition coefficient (Wildman–Crippen LogP) is 2.54. The molecule has 0 radical (unpaired) electrons. The molecule has 1 heterocycles. The first-order valence-corrected chi connectivity index (χ1v) is 8.29. The fraction of sp³-hybridized carbons (Fsp3) is 1.00. The van der Waals surface area contributed by atoms with E-state index in [-0.39, 0.29) is 5.54 Å². The van der Waals surface area contributed by atoms with Crippen LogP contribution in [0.4, 0.5) is 0 Å². The van der Waals surface area contributed by atoms with Crippen LogP contribution >= 0.6 is 0 Å². The second-order valence-corrected chi connectivity index (χ2v) is 6.98. The van der Waals surface area contributed by atoms with Gasteiger partial charge in [0.05, 0.1) is 6.10 Å². The molecule has 3 aliphatic rings. The number of fused-ring (bicyclic) bond motifs is 1. The number of methoxy groups -OCH3 is 1. The van der Waals surface area contributed by atoms with Gasteiger partial charge in [0.2, 0.25) is 0 Å². The van der Waals surface area contributed by atoms with E-state index in [2.05, 4.69) is 4.90 Å². The molecule has 1 saturated heterocycles. The van der Waals surface area contributed by atoms with Gasteiger partial charge < -0.3 is 10.5 Å². The Morgan fingerprint density at radius 3 is 2.79 bits per heavy atom. The number of nitrogens with two attached hydrogens (primary N) is 1. The highest BCUT2D eigenvalue weighted by molar-refractivity contribution is 5.03. The van der Waals surface area contributed by atoms with Crippen LogP contribution in [0, 0.1) is 5.92 Å². The van der Waals surface area contributed by atoms with Gasteiger partial charge in [-0.15, -0.1) is 0 Å². The molecule has 0 spiro atoms. The zero-order chi connectivity index (χ0) is 13.3. The van der Waals surface area contributed by atoms with Gasteiger partial charge in [0.1, 0.15) is 0 Å². The Balaban J connectivity index is 1.79. The van der Waals surface area contributed by atoms with E-state index in [0.717, 1.165) is 24.9 Å². The lowest BCUT2D eigenvalue weighted by molar-refractivity contribution is -0.0599. The van der Waals surface area contributed by atoms with Gasteiger partial charge in [-0.25, -0.2) is 0 Å². The molecule has 0 bridgehead atoms. The van der Waals surface area contributed by atoms with Crippen LogP contribution in [0.25, 0.3) is 0 Å². The number of hydrogen-bond donors (Lipinski definition) is 1. The summed E-state index contributed by atoms with van der Waals surface area (Å²) in [6, 6.07) is 0.827. The normalized spacial score (nSPS) is 44.2. The Morgan fingerprint density at radius 1 is 1.16 bits per heavy atom. The second kappa shape index (κ2) is 5.71. The van der Waals surface area contributed by atoms with Crippen molar-refractivity contribution < 1.29 is 4.74 Å². The van der Waals surface area contributed by atoms with Crippen LogP contribution in [-0.2, 0) is 4.74 Å². The molecule has 2 N–H and O–H groups in total. The maximum Gasteiger partial charge on any atom is 0.0589 e. The summed E-state index contributed by atoms with van der Waals surface area (Å²) in [6.07, 6.45) is 12.5. The first-order valence-electron chi connectivity index (χ1n) is 8.29. The van der Waals surface area contributed by atoms with Crippen molar-refractivity contribution in [3.63, 3.8) is 0 Å². The summed E-state index contributed by atoms with van der Waals surface area (Å²) in [4.78, 5) is 2.83. The fourth-order valence-electron chi connectivity index (χ4n) is 5.09. The van der Waals surface area contributed by atoms with E-state index in [1.54, 1.807) is 0 Å². The molecule has 0 aromatic rings. The van der Waals surface area contributed by atoms with Crippen molar-refractivity contribution in [2.45, 2.75) is 75.5 Å². The van der Waals surface area contributed by atoms with Gasteiger partial charge in [0.15, 0.2) is 0 Å². The SMILES string of the molecule is COC1CCCC(CN)(N2CCCC3CCCC32)C1. The minimum absolute atomic E-state index is 0.243. The smallest absolute Gasteiger partial charge is 0.0589 e. The summed E-state index contributed by atoms with van der Waals surface area (Å²) in [6.45, 7) is 2.09. The number of likely N-dealkylation sites (tertiary alicyclic amines) is 1. The van der Waals surface area contributed by atoms with Crippen molar-refractivity contribution in [2.24, 2.45) is 11.7 Å². The molecule has 0 aromatic carbocycles. The molecule has 110 valence electrons. The molecule has 0 amide bonds. The molecule has 3 nitrogen and oxygen atoms in total. The Bertz CT molecular complexity index is 309. The molecule has 4 unspecified atom stereocenters. The van der Waals surface area contributed by atoms with Gasteiger partial charge >= 0.3 is 0 Å². The number of rotatable bonds is 3. The minimum atomic E-state index is 0.243. The van der Waals surface area contributed by atoms with Crippen LogP contribution in [-0.4, -0.2) is 42.8 Å². The zero-order valence-corrected chi connectivity index (χ0v) is 12.4. The van der Waals surface area contributed by atoms with Crippen LogP contribution in [0.5, 0.6) is 0 Å². The Hall–Kier alpha value is -0.120. The Morgan fingerprint density at radius 2 is 2.00 bits per heavy atom. The monoisotopic (exact) mass is 266 g/mol. The lowest BCUT2D eigenvalue weighted by Gasteiger charge is -2.53. The maximum atomic E-state index is 6.27. The molecular formula is C16H30N2O. The second-order valence-electron chi connectivity index (χ2n) is 6.98. The number of nitrogens with zero attached hydrogens (tertiary/aromatic N) is 1. The van der Waals surface area contributed by atoms with E-state index in [0.29, 0.717) is 6.10 Å². The van der Waals surface area contributed by atoms with Crippen LogP contribution in [0.3, 0.4) is 0 Å². The van der Waals surface area contributed by atoms with Crippen molar-refractivity contribution >= 4 is 0 Å². The molecular weight excluding hydrogens is 236 g/mol. The summed E-state index contributed by atoms with van der Waals surface area (Å²) in [5, 5.41) is 0. The van der Waals surface area contributed by atoms with Crippen molar-refractivity contribution in [3.8, 4) is 0 Å². The topological polar surface area (TPSA) is 38.5 Å². The fourth-order valence-corrected chi connectivity index (χ4v) is 5.09. The highest BCUT2D eigenvalue weighted by atomic mass is 16.5. The number of ether oxygens (including phenoxy) is 1. The van der Waals surface area contributed by atoms with Crippen molar-refractivity contribution in [2.75, 3.05) is 20.2 Å². The predicted molar refractivity (Wildman–Crippen MR) is 78.1 cm³/mol.